The van der Waals surface area contributed by atoms with Crippen LogP contribution in [-0.4, -0.2) is 45.4 Å². The minimum atomic E-state index is -2.99. The van der Waals surface area contributed by atoms with Gasteiger partial charge in [0.15, 0.2) is 0 Å². The number of hydrogen-bond donors (Lipinski definition) is 1. The lowest BCUT2D eigenvalue weighted by molar-refractivity contribution is 0.0384. The van der Waals surface area contributed by atoms with E-state index in [1.807, 2.05) is 0 Å². The summed E-state index contributed by atoms with van der Waals surface area (Å²) in [6, 6.07) is 0. The van der Waals surface area contributed by atoms with Gasteiger partial charge in [0.2, 0.25) is 0 Å². The molecule has 1 atom stereocenters. The van der Waals surface area contributed by atoms with E-state index in [9.17, 15) is 8.42 Å². The van der Waals surface area contributed by atoms with Gasteiger partial charge in [-0.2, -0.15) is 0 Å². The Balaban J connectivity index is 2.52. The Morgan fingerprint density at radius 3 is 2.43 bits per heavy atom. The lowest BCUT2D eigenvalue weighted by Gasteiger charge is -2.28. The van der Waals surface area contributed by atoms with Crippen LogP contribution in [0.25, 0.3) is 0 Å². The molecule has 1 rings (SSSR count). The van der Waals surface area contributed by atoms with Crippen molar-refractivity contribution in [2.24, 2.45) is 11.8 Å². The number of aliphatic hydroxyl groups is 1. The number of rotatable bonds is 4. The molecule has 0 amide bonds. The highest BCUT2D eigenvalue weighted by Crippen LogP contribution is 2.24. The molecule has 14 heavy (non-hydrogen) atoms. The van der Waals surface area contributed by atoms with Crippen LogP contribution in [0.5, 0.6) is 0 Å². The molecule has 0 radical (unpaired) electrons. The second-order valence-corrected chi connectivity index (χ2v) is 6.17. The van der Waals surface area contributed by atoms with E-state index in [2.05, 4.69) is 0 Å². The predicted molar refractivity (Wildman–Crippen MR) is 53.8 cm³/mol. The van der Waals surface area contributed by atoms with Crippen LogP contribution in [0, 0.1) is 11.8 Å². The van der Waals surface area contributed by atoms with Crippen LogP contribution in [0.4, 0.5) is 0 Å². The number of aliphatic hydroxyl groups excluding tert-OH is 1. The Morgan fingerprint density at radius 1 is 1.43 bits per heavy atom. The molecule has 1 unspecified atom stereocenters. The van der Waals surface area contributed by atoms with E-state index in [0.717, 1.165) is 12.8 Å². The minimum absolute atomic E-state index is 0.0439. The van der Waals surface area contributed by atoms with Crippen LogP contribution in [0.2, 0.25) is 0 Å². The molecule has 0 aromatic rings. The summed E-state index contributed by atoms with van der Waals surface area (Å²) in [7, 11) is -2.99. The second kappa shape index (κ2) is 5.09. The summed E-state index contributed by atoms with van der Waals surface area (Å²) in [4.78, 5) is 0. The van der Waals surface area contributed by atoms with Crippen molar-refractivity contribution >= 4 is 9.84 Å². The van der Waals surface area contributed by atoms with Crippen LogP contribution in [0.15, 0.2) is 0 Å². The minimum Gasteiger partial charge on any atom is -0.396 e. The van der Waals surface area contributed by atoms with Crippen molar-refractivity contribution in [2.45, 2.75) is 12.8 Å². The molecule has 0 aromatic carbocycles. The number of ether oxygens (including phenoxy) is 1. The highest BCUT2D eigenvalue weighted by molar-refractivity contribution is 7.90. The molecule has 0 bridgehead atoms. The zero-order valence-electron chi connectivity index (χ0n) is 8.48. The van der Waals surface area contributed by atoms with E-state index in [4.69, 9.17) is 9.84 Å². The molecule has 4 nitrogen and oxygen atoms in total. The molecule has 1 saturated heterocycles. The Kier molecular flexibility index (Phi) is 4.34. The first-order valence-electron chi connectivity index (χ1n) is 4.89. The molecule has 1 fully saturated rings. The smallest absolute Gasteiger partial charge is 0.147 e. The van der Waals surface area contributed by atoms with E-state index < -0.39 is 9.84 Å². The van der Waals surface area contributed by atoms with Crippen molar-refractivity contribution in [3.05, 3.63) is 0 Å². The summed E-state index contributed by atoms with van der Waals surface area (Å²) in [6.45, 7) is 1.33. The Bertz CT molecular complexity index is 254. The van der Waals surface area contributed by atoms with Gasteiger partial charge in [0.1, 0.15) is 9.84 Å². The van der Waals surface area contributed by atoms with Crippen molar-refractivity contribution in [3.63, 3.8) is 0 Å². The van der Waals surface area contributed by atoms with Crippen molar-refractivity contribution in [3.8, 4) is 0 Å². The first-order chi connectivity index (χ1) is 6.53. The summed E-state index contributed by atoms with van der Waals surface area (Å²) in [5, 5.41) is 9.14. The fraction of sp³-hybridized carbons (Fsp3) is 1.00. The lowest BCUT2D eigenvalue weighted by atomic mass is 9.88. The van der Waals surface area contributed by atoms with Crippen LogP contribution in [-0.2, 0) is 14.6 Å². The molecule has 0 spiro atoms. The quantitative estimate of drug-likeness (QED) is 0.731. The zero-order valence-corrected chi connectivity index (χ0v) is 9.29. The molecular formula is C9H18O4S. The fourth-order valence-electron chi connectivity index (χ4n) is 1.91. The maximum atomic E-state index is 11.1. The van der Waals surface area contributed by atoms with E-state index in [-0.39, 0.29) is 18.3 Å². The van der Waals surface area contributed by atoms with Crippen molar-refractivity contribution < 1.29 is 18.3 Å². The van der Waals surface area contributed by atoms with Crippen LogP contribution in [0.1, 0.15) is 12.8 Å². The van der Waals surface area contributed by atoms with E-state index in [1.165, 1.54) is 6.26 Å². The van der Waals surface area contributed by atoms with Crippen molar-refractivity contribution in [1.82, 2.24) is 0 Å². The Labute approximate surface area is 85.2 Å². The molecule has 0 aromatic heterocycles. The van der Waals surface area contributed by atoms with Crippen molar-refractivity contribution in [1.29, 1.82) is 0 Å². The first kappa shape index (κ1) is 11.9. The number of hydrogen-bond acceptors (Lipinski definition) is 4. The van der Waals surface area contributed by atoms with Gasteiger partial charge in [-0.15, -0.1) is 0 Å². The van der Waals surface area contributed by atoms with Gasteiger partial charge in [-0.25, -0.2) is 8.42 Å². The number of sulfone groups is 1. The monoisotopic (exact) mass is 222 g/mol. The lowest BCUT2D eigenvalue weighted by Crippen LogP contribution is -2.30. The largest absolute Gasteiger partial charge is 0.396 e. The van der Waals surface area contributed by atoms with Crippen molar-refractivity contribution in [2.75, 3.05) is 31.8 Å². The molecule has 84 valence electrons. The predicted octanol–water partition coefficient (Wildman–Crippen LogP) is 0.0661. The summed E-state index contributed by atoms with van der Waals surface area (Å²) in [6.07, 6.45) is 2.94. The average molecular weight is 222 g/mol. The summed E-state index contributed by atoms with van der Waals surface area (Å²) in [5.41, 5.74) is 0. The second-order valence-electron chi connectivity index (χ2n) is 3.98. The van der Waals surface area contributed by atoms with Gasteiger partial charge in [0.05, 0.1) is 5.75 Å². The van der Waals surface area contributed by atoms with E-state index >= 15 is 0 Å². The third kappa shape index (κ3) is 3.94. The highest BCUT2D eigenvalue weighted by atomic mass is 32.2. The summed E-state index contributed by atoms with van der Waals surface area (Å²) >= 11 is 0. The van der Waals surface area contributed by atoms with Crippen LogP contribution in [0.3, 0.4) is 0 Å². The molecular weight excluding hydrogens is 204 g/mol. The standard InChI is InChI=1S/C9H18O4S/c1-14(11,12)7-9(6-10)8-2-4-13-5-3-8/h8-10H,2-7H2,1H3. The maximum absolute atomic E-state index is 11.1. The van der Waals surface area contributed by atoms with Crippen LogP contribution >= 0.6 is 0 Å². The molecule has 0 saturated carbocycles. The summed E-state index contributed by atoms with van der Waals surface area (Å²) < 4.78 is 27.4. The van der Waals surface area contributed by atoms with Gasteiger partial charge < -0.3 is 9.84 Å². The molecule has 1 heterocycles. The van der Waals surface area contributed by atoms with Crippen LogP contribution < -0.4 is 0 Å². The maximum Gasteiger partial charge on any atom is 0.147 e. The van der Waals surface area contributed by atoms with Gasteiger partial charge in [-0.05, 0) is 24.7 Å². The zero-order chi connectivity index (χ0) is 10.6. The van der Waals surface area contributed by atoms with Gasteiger partial charge in [-0.3, -0.25) is 0 Å². The highest BCUT2D eigenvalue weighted by Gasteiger charge is 2.26. The molecule has 1 aliphatic heterocycles. The fourth-order valence-corrected chi connectivity index (χ4v) is 3.07. The van der Waals surface area contributed by atoms with Gasteiger partial charge in [-0.1, -0.05) is 0 Å². The summed E-state index contributed by atoms with van der Waals surface area (Å²) in [5.74, 6) is 0.270. The Morgan fingerprint density at radius 2 is 2.00 bits per heavy atom. The van der Waals surface area contributed by atoms with E-state index in [1.54, 1.807) is 0 Å². The third-order valence-corrected chi connectivity index (χ3v) is 3.72. The molecule has 0 aliphatic carbocycles. The third-order valence-electron chi connectivity index (χ3n) is 2.68. The average Bonchev–Trinajstić information content (AvgIpc) is 2.14. The topological polar surface area (TPSA) is 63.6 Å². The normalized spacial score (nSPS) is 22.1. The molecule has 1 aliphatic rings. The van der Waals surface area contributed by atoms with E-state index in [0.29, 0.717) is 19.1 Å². The van der Waals surface area contributed by atoms with Gasteiger partial charge in [0, 0.05) is 26.1 Å². The first-order valence-corrected chi connectivity index (χ1v) is 6.95. The Hall–Kier alpha value is -0.130. The van der Waals surface area contributed by atoms with Gasteiger partial charge in [0.25, 0.3) is 0 Å². The molecule has 1 N–H and O–H groups in total. The van der Waals surface area contributed by atoms with Gasteiger partial charge >= 0.3 is 0 Å². The molecule has 5 heteroatoms. The SMILES string of the molecule is CS(=O)(=O)CC(CO)C1CCOCC1.